The number of rotatable bonds is 7. The molecule has 0 aliphatic carbocycles. The van der Waals surface area contributed by atoms with Crippen LogP contribution < -0.4 is 14.4 Å². The van der Waals surface area contributed by atoms with Crippen molar-refractivity contribution in [2.45, 2.75) is 13.5 Å². The van der Waals surface area contributed by atoms with Crippen LogP contribution in [0.4, 0.5) is 5.13 Å². The first-order valence-electron chi connectivity index (χ1n) is 9.47. The second kappa shape index (κ2) is 8.92. The summed E-state index contributed by atoms with van der Waals surface area (Å²) >= 11 is 1.44. The lowest BCUT2D eigenvalue weighted by Gasteiger charge is -2.20. The third-order valence-corrected chi connectivity index (χ3v) is 5.65. The minimum absolute atomic E-state index is 0.0864. The molecule has 0 unspecified atom stereocenters. The van der Waals surface area contributed by atoms with Crippen LogP contribution in [0.5, 0.6) is 11.5 Å². The van der Waals surface area contributed by atoms with Crippen LogP contribution in [-0.4, -0.2) is 29.6 Å². The van der Waals surface area contributed by atoms with Gasteiger partial charge in [0.05, 0.1) is 29.6 Å². The number of amides is 1. The highest BCUT2D eigenvalue weighted by molar-refractivity contribution is 7.22. The predicted molar refractivity (Wildman–Crippen MR) is 118 cm³/mol. The van der Waals surface area contributed by atoms with E-state index in [1.807, 2.05) is 67.6 Å². The van der Waals surface area contributed by atoms with Crippen LogP contribution in [0.3, 0.4) is 0 Å². The van der Waals surface area contributed by atoms with Gasteiger partial charge in [-0.1, -0.05) is 35.6 Å². The summed E-state index contributed by atoms with van der Waals surface area (Å²) in [5, 5.41) is 0.599. The largest absolute Gasteiger partial charge is 0.497 e. The minimum atomic E-state index is -0.185. The van der Waals surface area contributed by atoms with Crippen LogP contribution in [0.2, 0.25) is 0 Å². The first-order valence-corrected chi connectivity index (χ1v) is 10.3. The molecule has 0 N–H and O–H groups in total. The van der Waals surface area contributed by atoms with Crippen LogP contribution in [0.15, 0.2) is 66.9 Å². The van der Waals surface area contributed by atoms with Gasteiger partial charge in [-0.15, -0.1) is 0 Å². The van der Waals surface area contributed by atoms with Crippen molar-refractivity contribution in [3.8, 4) is 11.5 Å². The van der Waals surface area contributed by atoms with Gasteiger partial charge < -0.3 is 9.47 Å². The zero-order chi connectivity index (χ0) is 20.9. The summed E-state index contributed by atoms with van der Waals surface area (Å²) in [6.45, 7) is 2.18. The molecule has 4 aromatic rings. The maximum absolute atomic E-state index is 13.1. The van der Waals surface area contributed by atoms with E-state index in [-0.39, 0.29) is 12.5 Å². The van der Waals surface area contributed by atoms with E-state index in [4.69, 9.17) is 9.47 Å². The number of methoxy groups -OCH3 is 1. The number of para-hydroxylation sites is 1. The fraction of sp³-hybridized carbons (Fsp3) is 0.174. The fourth-order valence-electron chi connectivity index (χ4n) is 2.99. The molecule has 2 aromatic heterocycles. The molecule has 2 heterocycles. The zero-order valence-electron chi connectivity index (χ0n) is 16.7. The number of carbonyl (C=O) groups excluding carboxylic acids is 1. The van der Waals surface area contributed by atoms with Crippen LogP contribution in [-0.2, 0) is 11.3 Å². The number of hydrogen-bond acceptors (Lipinski definition) is 6. The van der Waals surface area contributed by atoms with E-state index in [1.165, 1.54) is 11.3 Å². The number of nitrogens with zero attached hydrogens (tertiary/aromatic N) is 3. The van der Waals surface area contributed by atoms with Gasteiger partial charge in [-0.05, 0) is 48.9 Å². The number of carbonyl (C=O) groups is 1. The Kier molecular flexibility index (Phi) is 5.90. The third kappa shape index (κ3) is 4.41. The summed E-state index contributed by atoms with van der Waals surface area (Å²) in [6, 6.07) is 18.9. The summed E-state index contributed by atoms with van der Waals surface area (Å²) in [7, 11) is 1.63. The number of aromatic nitrogens is 2. The monoisotopic (exact) mass is 419 g/mol. The number of anilines is 1. The van der Waals surface area contributed by atoms with Gasteiger partial charge >= 0.3 is 0 Å². The van der Waals surface area contributed by atoms with E-state index in [2.05, 4.69) is 9.97 Å². The summed E-state index contributed by atoms with van der Waals surface area (Å²) in [6.07, 6.45) is 1.71. The van der Waals surface area contributed by atoms with Crippen LogP contribution in [0, 0.1) is 6.92 Å². The number of pyridine rings is 1. The van der Waals surface area contributed by atoms with Crippen LogP contribution >= 0.6 is 11.3 Å². The summed E-state index contributed by atoms with van der Waals surface area (Å²) in [4.78, 5) is 23.8. The van der Waals surface area contributed by atoms with Crippen molar-refractivity contribution in [3.05, 3.63) is 78.1 Å². The molecule has 0 fully saturated rings. The lowest BCUT2D eigenvalue weighted by Crippen LogP contribution is -2.34. The van der Waals surface area contributed by atoms with E-state index in [9.17, 15) is 4.79 Å². The molecule has 0 aliphatic heterocycles. The third-order valence-electron chi connectivity index (χ3n) is 4.61. The smallest absolute Gasteiger partial charge is 0.267 e. The van der Waals surface area contributed by atoms with Gasteiger partial charge in [0.1, 0.15) is 11.5 Å². The second-order valence-electron chi connectivity index (χ2n) is 6.69. The highest BCUT2D eigenvalue weighted by Crippen LogP contribution is 2.32. The van der Waals surface area contributed by atoms with Crippen LogP contribution in [0.25, 0.3) is 10.2 Å². The SMILES string of the molecule is COc1ccc2nc(N(Cc3ccccn3)C(=O)COc3ccccc3C)sc2c1. The lowest BCUT2D eigenvalue weighted by molar-refractivity contribution is -0.120. The summed E-state index contributed by atoms with van der Waals surface area (Å²) in [5.41, 5.74) is 2.57. The highest BCUT2D eigenvalue weighted by Gasteiger charge is 2.22. The van der Waals surface area contributed by atoms with Crippen molar-refractivity contribution >= 4 is 32.6 Å². The maximum atomic E-state index is 13.1. The van der Waals surface area contributed by atoms with E-state index in [0.717, 1.165) is 27.2 Å². The number of aryl methyl sites for hydroxylation is 1. The summed E-state index contributed by atoms with van der Waals surface area (Å²) in [5.74, 6) is 1.26. The van der Waals surface area contributed by atoms with E-state index < -0.39 is 0 Å². The maximum Gasteiger partial charge on any atom is 0.267 e. The average molecular weight is 420 g/mol. The highest BCUT2D eigenvalue weighted by atomic mass is 32.1. The molecule has 6 nitrogen and oxygen atoms in total. The van der Waals surface area contributed by atoms with Crippen molar-refractivity contribution in [1.82, 2.24) is 9.97 Å². The number of fused-ring (bicyclic) bond motifs is 1. The molecule has 0 atom stereocenters. The topological polar surface area (TPSA) is 64.5 Å². The summed E-state index contributed by atoms with van der Waals surface area (Å²) < 4.78 is 12.0. The molecule has 30 heavy (non-hydrogen) atoms. The van der Waals surface area contributed by atoms with Gasteiger partial charge in [-0.25, -0.2) is 4.98 Å². The number of benzene rings is 2. The Morgan fingerprint density at radius 3 is 2.70 bits per heavy atom. The molecule has 152 valence electrons. The molecule has 0 saturated heterocycles. The number of thiazole rings is 1. The predicted octanol–water partition coefficient (Wildman–Crippen LogP) is 4.62. The van der Waals surface area contributed by atoms with Gasteiger partial charge in [0.15, 0.2) is 11.7 Å². The molecular formula is C23H21N3O3S. The molecule has 0 spiro atoms. The van der Waals surface area contributed by atoms with Crippen LogP contribution in [0.1, 0.15) is 11.3 Å². The zero-order valence-corrected chi connectivity index (χ0v) is 17.6. The van der Waals surface area contributed by atoms with Crippen molar-refractivity contribution < 1.29 is 14.3 Å². The van der Waals surface area contributed by atoms with E-state index >= 15 is 0 Å². The Labute approximate surface area is 178 Å². The molecule has 0 aliphatic rings. The van der Waals surface area contributed by atoms with Gasteiger partial charge in [-0.2, -0.15) is 0 Å². The molecule has 0 radical (unpaired) electrons. The lowest BCUT2D eigenvalue weighted by atomic mass is 10.2. The average Bonchev–Trinajstić information content (AvgIpc) is 3.20. The normalized spacial score (nSPS) is 10.7. The Bertz CT molecular complexity index is 1160. The molecule has 7 heteroatoms. The second-order valence-corrected chi connectivity index (χ2v) is 7.69. The molecule has 2 aromatic carbocycles. The minimum Gasteiger partial charge on any atom is -0.497 e. The molecular weight excluding hydrogens is 398 g/mol. The first-order chi connectivity index (χ1) is 14.6. The van der Waals surface area contributed by atoms with Gasteiger partial charge in [0.2, 0.25) is 0 Å². The molecule has 1 amide bonds. The van der Waals surface area contributed by atoms with E-state index in [1.54, 1.807) is 18.2 Å². The van der Waals surface area contributed by atoms with Gasteiger partial charge in [-0.3, -0.25) is 14.7 Å². The van der Waals surface area contributed by atoms with Crippen molar-refractivity contribution in [2.75, 3.05) is 18.6 Å². The van der Waals surface area contributed by atoms with Gasteiger partial charge in [0, 0.05) is 6.20 Å². The first kappa shape index (κ1) is 19.8. The molecule has 0 bridgehead atoms. The Hall–Kier alpha value is -3.45. The Balaban J connectivity index is 1.62. The fourth-order valence-corrected chi connectivity index (χ4v) is 4.00. The molecule has 0 saturated carbocycles. The number of ether oxygens (including phenoxy) is 2. The Morgan fingerprint density at radius 2 is 1.93 bits per heavy atom. The Morgan fingerprint density at radius 1 is 1.10 bits per heavy atom. The van der Waals surface area contributed by atoms with E-state index in [0.29, 0.717) is 17.4 Å². The molecule has 4 rings (SSSR count). The van der Waals surface area contributed by atoms with Crippen molar-refractivity contribution in [2.24, 2.45) is 0 Å². The quantitative estimate of drug-likeness (QED) is 0.437. The van der Waals surface area contributed by atoms with Crippen molar-refractivity contribution in [1.29, 1.82) is 0 Å². The number of hydrogen-bond donors (Lipinski definition) is 0. The van der Waals surface area contributed by atoms with Gasteiger partial charge in [0.25, 0.3) is 5.91 Å². The standard InChI is InChI=1S/C23H21N3O3S/c1-16-7-3-4-9-20(16)29-15-22(27)26(14-17-8-5-6-12-24-17)23-25-19-11-10-18(28-2)13-21(19)30-23/h3-13H,14-15H2,1-2H3. The van der Waals surface area contributed by atoms with Crippen molar-refractivity contribution in [3.63, 3.8) is 0 Å².